The van der Waals surface area contributed by atoms with Gasteiger partial charge in [-0.25, -0.2) is 12.7 Å². The summed E-state index contributed by atoms with van der Waals surface area (Å²) in [4.78, 5) is 0. The zero-order chi connectivity index (χ0) is 17.1. The van der Waals surface area contributed by atoms with Crippen LogP contribution in [0, 0.1) is 6.92 Å². The summed E-state index contributed by atoms with van der Waals surface area (Å²) in [5, 5.41) is 0.180. The summed E-state index contributed by atoms with van der Waals surface area (Å²) < 4.78 is 62.3. The zero-order valence-electron chi connectivity index (χ0n) is 12.8. The molecule has 1 aromatic carbocycles. The quantitative estimate of drug-likeness (QED) is 0.813. The van der Waals surface area contributed by atoms with E-state index in [-0.39, 0.29) is 18.3 Å². The average molecular weight is 367 g/mol. The summed E-state index contributed by atoms with van der Waals surface area (Å²) in [6.07, 6.45) is -5.13. The molecule has 130 valence electrons. The van der Waals surface area contributed by atoms with Gasteiger partial charge >= 0.3 is 6.18 Å². The van der Waals surface area contributed by atoms with E-state index in [0.717, 1.165) is 5.56 Å². The summed E-state index contributed by atoms with van der Waals surface area (Å²) in [5.74, 6) is -0.277. The lowest BCUT2D eigenvalue weighted by atomic mass is 10.0. The number of aryl methyl sites for hydroxylation is 1. The highest BCUT2D eigenvalue weighted by molar-refractivity contribution is 7.99. The fourth-order valence-corrected chi connectivity index (χ4v) is 5.54. The van der Waals surface area contributed by atoms with Crippen LogP contribution in [0.15, 0.2) is 24.3 Å². The second-order valence-corrected chi connectivity index (χ2v) is 8.98. The van der Waals surface area contributed by atoms with Gasteiger partial charge in [0.15, 0.2) is 0 Å². The predicted octanol–water partition coefficient (Wildman–Crippen LogP) is 3.76. The Morgan fingerprint density at radius 1 is 1.26 bits per heavy atom. The van der Waals surface area contributed by atoms with Gasteiger partial charge in [0.25, 0.3) is 0 Å². The highest BCUT2D eigenvalue weighted by atomic mass is 32.2. The number of alkyl halides is 3. The van der Waals surface area contributed by atoms with Crippen LogP contribution in [-0.2, 0) is 10.0 Å². The topological polar surface area (TPSA) is 37.4 Å². The Labute approximate surface area is 139 Å². The molecule has 0 aromatic heterocycles. The van der Waals surface area contributed by atoms with Crippen molar-refractivity contribution in [3.05, 3.63) is 35.4 Å². The van der Waals surface area contributed by atoms with Crippen LogP contribution in [-0.4, -0.2) is 43.5 Å². The minimum atomic E-state index is -4.45. The number of halogens is 3. The number of thioether (sulfide) groups is 1. The van der Waals surface area contributed by atoms with Crippen molar-refractivity contribution in [2.75, 3.05) is 24.6 Å². The second-order valence-electron chi connectivity index (χ2n) is 5.58. The molecule has 0 saturated carbocycles. The van der Waals surface area contributed by atoms with Gasteiger partial charge < -0.3 is 0 Å². The number of benzene rings is 1. The molecule has 0 bridgehead atoms. The van der Waals surface area contributed by atoms with E-state index < -0.39 is 28.4 Å². The third kappa shape index (κ3) is 5.39. The number of nitrogens with zero attached hydrogens (tertiary/aromatic N) is 1. The first-order chi connectivity index (χ1) is 10.7. The Hall–Kier alpha value is -0.730. The van der Waals surface area contributed by atoms with Gasteiger partial charge in [-0.05, 0) is 24.5 Å². The monoisotopic (exact) mass is 367 g/mol. The Morgan fingerprint density at radius 3 is 2.61 bits per heavy atom. The molecule has 1 aliphatic rings. The van der Waals surface area contributed by atoms with Gasteiger partial charge in [-0.1, -0.05) is 24.3 Å². The van der Waals surface area contributed by atoms with Gasteiger partial charge in [0.05, 0.1) is 12.2 Å². The van der Waals surface area contributed by atoms with Gasteiger partial charge in [0.1, 0.15) is 0 Å². The highest BCUT2D eigenvalue weighted by Gasteiger charge is 2.33. The lowest BCUT2D eigenvalue weighted by Crippen LogP contribution is -2.36. The van der Waals surface area contributed by atoms with Gasteiger partial charge in [-0.3, -0.25) is 0 Å². The Bertz CT molecular complexity index is 632. The van der Waals surface area contributed by atoms with E-state index in [9.17, 15) is 21.6 Å². The van der Waals surface area contributed by atoms with Crippen molar-refractivity contribution in [2.24, 2.45) is 0 Å². The fourth-order valence-electron chi connectivity index (χ4n) is 2.60. The van der Waals surface area contributed by atoms with Gasteiger partial charge in [-0.2, -0.15) is 24.9 Å². The van der Waals surface area contributed by atoms with Gasteiger partial charge in [0, 0.05) is 24.1 Å². The maximum absolute atomic E-state index is 12.3. The van der Waals surface area contributed by atoms with Crippen LogP contribution in [0.1, 0.15) is 29.2 Å². The highest BCUT2D eigenvalue weighted by Crippen LogP contribution is 2.36. The maximum atomic E-state index is 12.3. The summed E-state index contributed by atoms with van der Waals surface area (Å²) in [6, 6.07) is 7.94. The summed E-state index contributed by atoms with van der Waals surface area (Å²) >= 11 is 1.67. The minimum absolute atomic E-state index is 0.180. The molecule has 8 heteroatoms. The molecule has 1 heterocycles. The lowest BCUT2D eigenvalue weighted by molar-refractivity contribution is -0.130. The summed E-state index contributed by atoms with van der Waals surface area (Å²) in [5.41, 5.74) is 2.32. The van der Waals surface area contributed by atoms with Crippen LogP contribution in [0.5, 0.6) is 0 Å². The Kier molecular flexibility index (Phi) is 6.02. The van der Waals surface area contributed by atoms with E-state index in [4.69, 9.17) is 0 Å². The third-order valence-electron chi connectivity index (χ3n) is 3.87. The molecule has 1 aromatic rings. The molecule has 1 aliphatic heterocycles. The molecule has 0 aliphatic carbocycles. The molecule has 2 rings (SSSR count). The summed E-state index contributed by atoms with van der Waals surface area (Å²) in [6.45, 7) is 2.55. The van der Waals surface area contributed by atoms with Crippen LogP contribution < -0.4 is 0 Å². The normalized spacial score (nSPS) is 21.1. The molecular weight excluding hydrogens is 347 g/mol. The molecule has 1 fully saturated rings. The van der Waals surface area contributed by atoms with Crippen LogP contribution in [0.4, 0.5) is 13.2 Å². The first-order valence-corrected chi connectivity index (χ1v) is 10.1. The SMILES string of the molecule is Cc1ccccc1[C@@H]1CCN(S(=O)(=O)CCC(F)(F)F)CCS1. The van der Waals surface area contributed by atoms with E-state index in [0.29, 0.717) is 12.2 Å². The first kappa shape index (κ1) is 18.6. The minimum Gasteiger partial charge on any atom is -0.212 e. The number of hydrogen-bond donors (Lipinski definition) is 0. The number of sulfonamides is 1. The van der Waals surface area contributed by atoms with Crippen LogP contribution >= 0.6 is 11.8 Å². The smallest absolute Gasteiger partial charge is 0.212 e. The third-order valence-corrected chi connectivity index (χ3v) is 7.05. The van der Waals surface area contributed by atoms with Gasteiger partial charge in [0.2, 0.25) is 10.0 Å². The fraction of sp³-hybridized carbons (Fsp3) is 0.600. The Morgan fingerprint density at radius 2 is 1.96 bits per heavy atom. The van der Waals surface area contributed by atoms with Crippen molar-refractivity contribution in [3.63, 3.8) is 0 Å². The van der Waals surface area contributed by atoms with E-state index >= 15 is 0 Å². The van der Waals surface area contributed by atoms with E-state index in [2.05, 4.69) is 0 Å². The molecule has 0 amide bonds. The predicted molar refractivity (Wildman–Crippen MR) is 87.0 cm³/mol. The van der Waals surface area contributed by atoms with Crippen molar-refractivity contribution in [1.29, 1.82) is 0 Å². The first-order valence-electron chi connectivity index (χ1n) is 7.41. The van der Waals surface area contributed by atoms with Crippen molar-refractivity contribution < 1.29 is 21.6 Å². The van der Waals surface area contributed by atoms with Crippen LogP contribution in [0.2, 0.25) is 0 Å². The van der Waals surface area contributed by atoms with Crippen molar-refractivity contribution in [3.8, 4) is 0 Å². The average Bonchev–Trinajstić information content (AvgIpc) is 2.71. The van der Waals surface area contributed by atoms with E-state index in [1.165, 1.54) is 9.87 Å². The lowest BCUT2D eigenvalue weighted by Gasteiger charge is -2.20. The zero-order valence-corrected chi connectivity index (χ0v) is 14.5. The van der Waals surface area contributed by atoms with Crippen LogP contribution in [0.25, 0.3) is 0 Å². The molecular formula is C15H20F3NO2S2. The maximum Gasteiger partial charge on any atom is 0.390 e. The molecule has 3 nitrogen and oxygen atoms in total. The van der Waals surface area contributed by atoms with Crippen LogP contribution in [0.3, 0.4) is 0 Å². The molecule has 0 unspecified atom stereocenters. The molecule has 1 atom stereocenters. The second kappa shape index (κ2) is 7.44. The molecule has 23 heavy (non-hydrogen) atoms. The van der Waals surface area contributed by atoms with E-state index in [1.807, 2.05) is 31.2 Å². The number of hydrogen-bond acceptors (Lipinski definition) is 3. The van der Waals surface area contributed by atoms with Gasteiger partial charge in [-0.15, -0.1) is 0 Å². The largest absolute Gasteiger partial charge is 0.390 e. The molecule has 0 radical (unpaired) electrons. The standard InChI is InChI=1S/C15H20F3NO2S2/c1-12-4-2-3-5-13(12)14-6-8-19(9-10-22-14)23(20,21)11-7-15(16,17)18/h2-5,14H,6-11H2,1H3/t14-/m0/s1. The summed E-state index contributed by atoms with van der Waals surface area (Å²) in [7, 11) is -3.86. The number of rotatable bonds is 4. The van der Waals surface area contributed by atoms with Crippen molar-refractivity contribution in [2.45, 2.75) is 31.2 Å². The molecule has 1 saturated heterocycles. The van der Waals surface area contributed by atoms with E-state index in [1.54, 1.807) is 11.8 Å². The van der Waals surface area contributed by atoms with Crippen molar-refractivity contribution >= 4 is 21.8 Å². The van der Waals surface area contributed by atoms with Crippen molar-refractivity contribution in [1.82, 2.24) is 4.31 Å². The molecule has 0 spiro atoms. The Balaban J connectivity index is 2.02. The molecule has 0 N–H and O–H groups in total.